The van der Waals surface area contributed by atoms with Gasteiger partial charge in [0.05, 0.1) is 12.8 Å². The van der Waals surface area contributed by atoms with Crippen LogP contribution in [-0.4, -0.2) is 49.0 Å². The zero-order chi connectivity index (χ0) is 18.5. The molecule has 0 unspecified atom stereocenters. The maximum absolute atomic E-state index is 12.2. The molecule has 1 aromatic rings. The number of aromatic hydroxyl groups is 1. The normalized spacial score (nSPS) is 11.7. The van der Waals surface area contributed by atoms with Crippen molar-refractivity contribution >= 4 is 22.0 Å². The number of hydrogen-bond acceptors (Lipinski definition) is 8. The van der Waals surface area contributed by atoms with Gasteiger partial charge in [0.1, 0.15) is 6.54 Å². The first kappa shape index (κ1) is 19.5. The van der Waals surface area contributed by atoms with Crippen molar-refractivity contribution in [1.82, 2.24) is 10.3 Å². The van der Waals surface area contributed by atoms with E-state index in [0.717, 1.165) is 0 Å². The Morgan fingerprint density at radius 2 is 2.00 bits per heavy atom. The van der Waals surface area contributed by atoms with Gasteiger partial charge in [0, 0.05) is 6.07 Å². The lowest BCUT2D eigenvalue weighted by Gasteiger charge is -2.10. The molecular weight excluding hydrogens is 361 g/mol. The molecule has 0 bridgehead atoms. The molecule has 0 aliphatic rings. The van der Waals surface area contributed by atoms with Gasteiger partial charge in [-0.2, -0.15) is 21.6 Å². The van der Waals surface area contributed by atoms with E-state index in [0.29, 0.717) is 12.3 Å². The topological polar surface area (TPSA) is 132 Å². The average molecular weight is 372 g/mol. The molecule has 0 saturated heterocycles. The fourth-order valence-corrected chi connectivity index (χ4v) is 1.72. The highest BCUT2D eigenvalue weighted by molar-refractivity contribution is 7.88. The number of halogens is 3. The molecule has 1 aromatic heterocycles. The van der Waals surface area contributed by atoms with E-state index in [1.165, 1.54) is 0 Å². The standard InChI is InChI=1S/C11H11F3N2O7S/c1-2-22-8(18)5-16-10(19)9-7(17)3-6(4-15-9)23-24(20,21)11(12,13)14/h3-4,17H,2,5H2,1H3,(H,16,19). The maximum atomic E-state index is 12.2. The second kappa shape index (κ2) is 7.33. The van der Waals surface area contributed by atoms with Gasteiger partial charge in [-0.15, -0.1) is 0 Å². The first-order valence-corrected chi connectivity index (χ1v) is 7.52. The molecule has 0 saturated carbocycles. The van der Waals surface area contributed by atoms with Gasteiger partial charge >= 0.3 is 21.6 Å². The molecule has 24 heavy (non-hydrogen) atoms. The van der Waals surface area contributed by atoms with Crippen LogP contribution in [0.15, 0.2) is 12.3 Å². The monoisotopic (exact) mass is 372 g/mol. The van der Waals surface area contributed by atoms with Crippen LogP contribution in [0.3, 0.4) is 0 Å². The summed E-state index contributed by atoms with van der Waals surface area (Å²) in [7, 11) is -5.94. The van der Waals surface area contributed by atoms with Crippen molar-refractivity contribution < 1.29 is 45.2 Å². The van der Waals surface area contributed by atoms with Crippen molar-refractivity contribution in [2.75, 3.05) is 13.2 Å². The number of alkyl halides is 3. The van der Waals surface area contributed by atoms with Crippen LogP contribution in [0.5, 0.6) is 11.5 Å². The van der Waals surface area contributed by atoms with Crippen molar-refractivity contribution in [3.05, 3.63) is 18.0 Å². The minimum atomic E-state index is -5.94. The number of nitrogens with one attached hydrogen (secondary N) is 1. The number of rotatable bonds is 6. The highest BCUT2D eigenvalue weighted by Crippen LogP contribution is 2.28. The summed E-state index contributed by atoms with van der Waals surface area (Å²) >= 11 is 0. The van der Waals surface area contributed by atoms with E-state index in [4.69, 9.17) is 0 Å². The van der Waals surface area contributed by atoms with Crippen LogP contribution in [0.25, 0.3) is 0 Å². The summed E-state index contributed by atoms with van der Waals surface area (Å²) in [6.07, 6.45) is 0.488. The molecule has 1 amide bonds. The third kappa shape index (κ3) is 4.97. The molecular formula is C11H11F3N2O7S. The molecule has 0 atom stereocenters. The van der Waals surface area contributed by atoms with Crippen LogP contribution in [-0.2, 0) is 19.6 Å². The van der Waals surface area contributed by atoms with Gasteiger partial charge in [-0.1, -0.05) is 0 Å². The van der Waals surface area contributed by atoms with Gasteiger partial charge in [-0.05, 0) is 6.92 Å². The van der Waals surface area contributed by atoms with E-state index in [9.17, 15) is 36.3 Å². The lowest BCUT2D eigenvalue weighted by molar-refractivity contribution is -0.141. The molecule has 0 fully saturated rings. The average Bonchev–Trinajstić information content (AvgIpc) is 2.43. The first-order chi connectivity index (χ1) is 11.0. The maximum Gasteiger partial charge on any atom is 0.534 e. The van der Waals surface area contributed by atoms with E-state index in [1.807, 2.05) is 5.32 Å². The van der Waals surface area contributed by atoms with Crippen molar-refractivity contribution in [3.8, 4) is 11.5 Å². The SMILES string of the molecule is CCOC(=O)CNC(=O)c1ncc(OS(=O)(=O)C(F)(F)F)cc1O. The smallest absolute Gasteiger partial charge is 0.505 e. The van der Waals surface area contributed by atoms with Crippen molar-refractivity contribution in [1.29, 1.82) is 0 Å². The summed E-state index contributed by atoms with van der Waals surface area (Å²) in [4.78, 5) is 26.0. The van der Waals surface area contributed by atoms with E-state index in [1.54, 1.807) is 6.92 Å². The minimum Gasteiger partial charge on any atom is -0.505 e. The molecule has 13 heteroatoms. The number of esters is 1. The van der Waals surface area contributed by atoms with Crippen LogP contribution in [0, 0.1) is 0 Å². The van der Waals surface area contributed by atoms with Crippen LogP contribution in [0.1, 0.15) is 17.4 Å². The number of amides is 1. The Kier molecular flexibility index (Phi) is 5.95. The van der Waals surface area contributed by atoms with Gasteiger partial charge in [0.25, 0.3) is 5.91 Å². The molecule has 0 aliphatic carbocycles. The van der Waals surface area contributed by atoms with Gasteiger partial charge in [0.2, 0.25) is 0 Å². The lowest BCUT2D eigenvalue weighted by Crippen LogP contribution is -2.31. The van der Waals surface area contributed by atoms with Gasteiger partial charge in [-0.25, -0.2) is 4.98 Å². The summed E-state index contributed by atoms with van der Waals surface area (Å²) < 4.78 is 66.4. The quantitative estimate of drug-likeness (QED) is 0.414. The second-order valence-electron chi connectivity index (χ2n) is 4.01. The molecule has 0 spiro atoms. The van der Waals surface area contributed by atoms with Gasteiger partial charge in [0.15, 0.2) is 17.2 Å². The summed E-state index contributed by atoms with van der Waals surface area (Å²) in [5, 5.41) is 11.6. The largest absolute Gasteiger partial charge is 0.534 e. The van der Waals surface area contributed by atoms with E-state index >= 15 is 0 Å². The molecule has 9 nitrogen and oxygen atoms in total. The summed E-state index contributed by atoms with van der Waals surface area (Å²) in [6.45, 7) is 1.09. The van der Waals surface area contributed by atoms with E-state index in [2.05, 4.69) is 13.9 Å². The molecule has 1 rings (SSSR count). The van der Waals surface area contributed by atoms with Crippen LogP contribution < -0.4 is 9.50 Å². The number of carbonyl (C=O) groups is 2. The number of nitrogens with zero attached hydrogens (tertiary/aromatic N) is 1. The highest BCUT2D eigenvalue weighted by atomic mass is 32.2. The van der Waals surface area contributed by atoms with Crippen LogP contribution in [0.2, 0.25) is 0 Å². The fraction of sp³-hybridized carbons (Fsp3) is 0.364. The predicted octanol–water partition coefficient (Wildman–Crippen LogP) is 0.309. The lowest BCUT2D eigenvalue weighted by atomic mass is 10.3. The number of hydrogen-bond donors (Lipinski definition) is 2. The van der Waals surface area contributed by atoms with Crippen molar-refractivity contribution in [2.24, 2.45) is 0 Å². The zero-order valence-corrected chi connectivity index (χ0v) is 12.8. The minimum absolute atomic E-state index is 0.0813. The third-order valence-corrected chi connectivity index (χ3v) is 3.22. The van der Waals surface area contributed by atoms with Gasteiger partial charge < -0.3 is 19.3 Å². The fourth-order valence-electron chi connectivity index (χ4n) is 1.28. The number of ether oxygens (including phenoxy) is 1. The zero-order valence-electron chi connectivity index (χ0n) is 12.0. The molecule has 1 heterocycles. The summed E-state index contributed by atoms with van der Waals surface area (Å²) in [5.74, 6) is -3.70. The Labute approximate surface area is 133 Å². The highest BCUT2D eigenvalue weighted by Gasteiger charge is 2.48. The van der Waals surface area contributed by atoms with Gasteiger partial charge in [-0.3, -0.25) is 9.59 Å². The molecule has 134 valence electrons. The Morgan fingerprint density at radius 1 is 1.38 bits per heavy atom. The molecule has 0 aliphatic heterocycles. The Morgan fingerprint density at radius 3 is 2.50 bits per heavy atom. The summed E-state index contributed by atoms with van der Waals surface area (Å²) in [6, 6.07) is 0.454. The number of carbonyl (C=O) groups excluding carboxylic acids is 2. The molecule has 2 N–H and O–H groups in total. The Balaban J connectivity index is 2.85. The van der Waals surface area contributed by atoms with Crippen molar-refractivity contribution in [2.45, 2.75) is 12.4 Å². The predicted molar refractivity (Wildman–Crippen MR) is 70.5 cm³/mol. The van der Waals surface area contributed by atoms with Crippen LogP contribution in [0.4, 0.5) is 13.2 Å². The van der Waals surface area contributed by atoms with E-state index < -0.39 is 51.2 Å². The van der Waals surface area contributed by atoms with Crippen LogP contribution >= 0.6 is 0 Å². The second-order valence-corrected chi connectivity index (χ2v) is 5.55. The Hall–Kier alpha value is -2.57. The molecule has 0 aromatic carbocycles. The number of aromatic nitrogens is 1. The molecule has 0 radical (unpaired) electrons. The van der Waals surface area contributed by atoms with E-state index in [-0.39, 0.29) is 6.61 Å². The summed E-state index contributed by atoms with van der Waals surface area (Å²) in [5.41, 5.74) is -6.32. The number of pyridine rings is 1. The third-order valence-electron chi connectivity index (χ3n) is 2.25. The first-order valence-electron chi connectivity index (χ1n) is 6.11. The van der Waals surface area contributed by atoms with Crippen molar-refractivity contribution in [3.63, 3.8) is 0 Å². The Bertz CT molecular complexity index is 734.